The van der Waals surface area contributed by atoms with E-state index in [1.54, 1.807) is 0 Å². The Labute approximate surface area is 94.9 Å². The Balaban J connectivity index is 1.73. The second-order valence-corrected chi connectivity index (χ2v) is 5.10. The summed E-state index contributed by atoms with van der Waals surface area (Å²) in [5.41, 5.74) is 0. The normalized spacial score (nSPS) is 41.4. The molecular formula is C12H17NO3. The lowest BCUT2D eigenvalue weighted by molar-refractivity contribution is -0.151. The van der Waals surface area contributed by atoms with Crippen molar-refractivity contribution in [3.05, 3.63) is 0 Å². The Bertz CT molecular complexity index is 341. The molecule has 4 nitrogen and oxygen atoms in total. The molecule has 4 unspecified atom stereocenters. The standard InChI is InChI=1S/C12H17NO3/c1-2-16-12(15)10-5-7-3-9(14)4-8-6-11(10)13(7)8/h7-8,10-11H,2-6H2,1H3. The number of piperidine rings is 1. The molecule has 0 aromatic heterocycles. The fourth-order valence-electron chi connectivity index (χ4n) is 3.66. The van der Waals surface area contributed by atoms with Gasteiger partial charge in [-0.05, 0) is 19.8 Å². The lowest BCUT2D eigenvalue weighted by Gasteiger charge is -2.50. The van der Waals surface area contributed by atoms with E-state index in [4.69, 9.17) is 4.74 Å². The summed E-state index contributed by atoms with van der Waals surface area (Å²) < 4.78 is 5.10. The predicted octanol–water partition coefficient (Wildman–Crippen LogP) is 0.744. The van der Waals surface area contributed by atoms with Crippen LogP contribution in [-0.4, -0.2) is 41.4 Å². The molecule has 4 atom stereocenters. The molecule has 3 fully saturated rings. The van der Waals surface area contributed by atoms with Gasteiger partial charge in [-0.15, -0.1) is 0 Å². The first-order chi connectivity index (χ1) is 7.70. The van der Waals surface area contributed by atoms with Gasteiger partial charge in [-0.3, -0.25) is 14.5 Å². The lowest BCUT2D eigenvalue weighted by Crippen LogP contribution is -2.60. The minimum Gasteiger partial charge on any atom is -0.466 e. The topological polar surface area (TPSA) is 46.6 Å². The van der Waals surface area contributed by atoms with Gasteiger partial charge in [0.15, 0.2) is 0 Å². The van der Waals surface area contributed by atoms with Crippen LogP contribution in [0.25, 0.3) is 0 Å². The van der Waals surface area contributed by atoms with Crippen LogP contribution in [0.3, 0.4) is 0 Å². The molecule has 16 heavy (non-hydrogen) atoms. The average Bonchev–Trinajstić information content (AvgIpc) is 2.51. The van der Waals surface area contributed by atoms with Crippen molar-refractivity contribution in [3.8, 4) is 0 Å². The molecule has 88 valence electrons. The van der Waals surface area contributed by atoms with Crippen LogP contribution >= 0.6 is 0 Å². The van der Waals surface area contributed by atoms with Gasteiger partial charge in [0, 0.05) is 31.0 Å². The number of rotatable bonds is 2. The van der Waals surface area contributed by atoms with E-state index in [-0.39, 0.29) is 11.9 Å². The van der Waals surface area contributed by atoms with Gasteiger partial charge in [-0.2, -0.15) is 0 Å². The SMILES string of the molecule is CCOC(=O)C1CC2CC(=O)CC3CC1N23. The molecule has 3 saturated heterocycles. The molecule has 4 heteroatoms. The summed E-state index contributed by atoms with van der Waals surface area (Å²) in [6.07, 6.45) is 3.17. The van der Waals surface area contributed by atoms with Crippen molar-refractivity contribution in [2.75, 3.05) is 6.61 Å². The monoisotopic (exact) mass is 223 g/mol. The van der Waals surface area contributed by atoms with Crippen molar-refractivity contribution in [3.63, 3.8) is 0 Å². The molecule has 0 aliphatic carbocycles. The average molecular weight is 223 g/mol. The number of ketones is 1. The molecule has 0 N–H and O–H groups in total. The zero-order valence-electron chi connectivity index (χ0n) is 9.52. The van der Waals surface area contributed by atoms with Crippen molar-refractivity contribution >= 4 is 11.8 Å². The van der Waals surface area contributed by atoms with Crippen LogP contribution in [0.2, 0.25) is 0 Å². The van der Waals surface area contributed by atoms with Gasteiger partial charge >= 0.3 is 5.97 Å². The summed E-state index contributed by atoms with van der Waals surface area (Å²) in [7, 11) is 0. The van der Waals surface area contributed by atoms with Crippen LogP contribution < -0.4 is 0 Å². The molecule has 0 saturated carbocycles. The summed E-state index contributed by atoms with van der Waals surface area (Å²) in [5, 5.41) is 0. The quantitative estimate of drug-likeness (QED) is 0.648. The third-order valence-corrected chi connectivity index (χ3v) is 4.25. The van der Waals surface area contributed by atoms with E-state index >= 15 is 0 Å². The molecule has 0 aromatic rings. The number of hydrogen-bond acceptors (Lipinski definition) is 4. The molecule has 0 radical (unpaired) electrons. The Morgan fingerprint density at radius 3 is 2.75 bits per heavy atom. The third-order valence-electron chi connectivity index (χ3n) is 4.25. The van der Waals surface area contributed by atoms with E-state index in [0.29, 0.717) is 43.4 Å². The molecular weight excluding hydrogens is 206 g/mol. The van der Waals surface area contributed by atoms with E-state index in [1.165, 1.54) is 0 Å². The number of carbonyl (C=O) groups is 2. The second kappa shape index (κ2) is 3.55. The van der Waals surface area contributed by atoms with Crippen LogP contribution in [0, 0.1) is 5.92 Å². The van der Waals surface area contributed by atoms with Crippen molar-refractivity contribution in [1.82, 2.24) is 4.90 Å². The van der Waals surface area contributed by atoms with Crippen LogP contribution in [0.5, 0.6) is 0 Å². The molecule has 3 aliphatic heterocycles. The maximum atomic E-state index is 11.8. The predicted molar refractivity (Wildman–Crippen MR) is 56.8 cm³/mol. The van der Waals surface area contributed by atoms with Crippen molar-refractivity contribution in [2.24, 2.45) is 5.92 Å². The first-order valence-electron chi connectivity index (χ1n) is 6.16. The summed E-state index contributed by atoms with van der Waals surface area (Å²) in [5.74, 6) is 0.328. The maximum absolute atomic E-state index is 11.8. The van der Waals surface area contributed by atoms with Crippen molar-refractivity contribution < 1.29 is 14.3 Å². The smallest absolute Gasteiger partial charge is 0.310 e. The summed E-state index contributed by atoms with van der Waals surface area (Å²) in [6.45, 7) is 2.29. The molecule has 0 aromatic carbocycles. The largest absolute Gasteiger partial charge is 0.466 e. The highest BCUT2D eigenvalue weighted by Crippen LogP contribution is 2.48. The highest BCUT2D eigenvalue weighted by Gasteiger charge is 2.57. The zero-order chi connectivity index (χ0) is 11.3. The van der Waals surface area contributed by atoms with Crippen LogP contribution in [0.15, 0.2) is 0 Å². The molecule has 3 rings (SSSR count). The van der Waals surface area contributed by atoms with Crippen LogP contribution in [-0.2, 0) is 14.3 Å². The van der Waals surface area contributed by atoms with E-state index in [0.717, 1.165) is 12.8 Å². The minimum atomic E-state index is -0.0622. The van der Waals surface area contributed by atoms with Gasteiger partial charge in [0.1, 0.15) is 5.78 Å². The van der Waals surface area contributed by atoms with Gasteiger partial charge in [0.05, 0.1) is 12.5 Å². The van der Waals surface area contributed by atoms with Crippen LogP contribution in [0.4, 0.5) is 0 Å². The fourth-order valence-corrected chi connectivity index (χ4v) is 3.66. The number of esters is 1. The van der Waals surface area contributed by atoms with E-state index in [2.05, 4.69) is 4.90 Å². The zero-order valence-corrected chi connectivity index (χ0v) is 9.52. The molecule has 0 bridgehead atoms. The van der Waals surface area contributed by atoms with E-state index in [9.17, 15) is 9.59 Å². The number of hydrogen-bond donors (Lipinski definition) is 0. The Kier molecular flexibility index (Phi) is 2.28. The highest BCUT2D eigenvalue weighted by atomic mass is 16.5. The number of carbonyl (C=O) groups excluding carboxylic acids is 2. The molecule has 3 heterocycles. The van der Waals surface area contributed by atoms with Gasteiger partial charge < -0.3 is 4.74 Å². The number of nitrogens with zero attached hydrogens (tertiary/aromatic N) is 1. The van der Waals surface area contributed by atoms with E-state index in [1.807, 2.05) is 6.92 Å². The number of Topliss-reactive ketones (excluding diaryl/α,β-unsaturated/α-hetero) is 1. The molecule has 0 amide bonds. The van der Waals surface area contributed by atoms with Crippen molar-refractivity contribution in [1.29, 1.82) is 0 Å². The first kappa shape index (κ1) is 10.3. The molecule has 0 spiro atoms. The Morgan fingerprint density at radius 1 is 1.38 bits per heavy atom. The lowest BCUT2D eigenvalue weighted by atomic mass is 9.83. The first-order valence-corrected chi connectivity index (χ1v) is 6.16. The minimum absolute atomic E-state index is 0.0205. The summed E-state index contributed by atoms with van der Waals surface area (Å²) in [4.78, 5) is 25.7. The Hall–Kier alpha value is -0.900. The van der Waals surface area contributed by atoms with Crippen molar-refractivity contribution in [2.45, 2.75) is 50.7 Å². The van der Waals surface area contributed by atoms with Gasteiger partial charge in [0.2, 0.25) is 0 Å². The van der Waals surface area contributed by atoms with Gasteiger partial charge in [0.25, 0.3) is 0 Å². The number of ether oxygens (including phenoxy) is 1. The summed E-state index contributed by atoms with van der Waals surface area (Å²) >= 11 is 0. The van der Waals surface area contributed by atoms with Crippen LogP contribution in [0.1, 0.15) is 32.6 Å². The maximum Gasteiger partial charge on any atom is 0.310 e. The van der Waals surface area contributed by atoms with Gasteiger partial charge in [-0.1, -0.05) is 0 Å². The Morgan fingerprint density at radius 2 is 2.06 bits per heavy atom. The molecule has 3 aliphatic rings. The second-order valence-electron chi connectivity index (χ2n) is 5.10. The summed E-state index contributed by atoms with van der Waals surface area (Å²) in [6, 6.07) is 1.11. The fraction of sp³-hybridized carbons (Fsp3) is 0.833. The van der Waals surface area contributed by atoms with E-state index < -0.39 is 0 Å². The van der Waals surface area contributed by atoms with Gasteiger partial charge in [-0.25, -0.2) is 0 Å². The highest BCUT2D eigenvalue weighted by molar-refractivity contribution is 5.82. The third kappa shape index (κ3) is 1.32.